The zero-order valence-corrected chi connectivity index (χ0v) is 26.9. The Morgan fingerprint density at radius 1 is 1.18 bits per heavy atom. The van der Waals surface area contributed by atoms with Gasteiger partial charge in [0.25, 0.3) is 5.56 Å². The summed E-state index contributed by atoms with van der Waals surface area (Å²) in [6.07, 6.45) is 3.52. The molecule has 0 saturated heterocycles. The number of carbonyl (C=O) groups is 1. The van der Waals surface area contributed by atoms with E-state index in [-0.39, 0.29) is 17.7 Å². The molecule has 1 aliphatic heterocycles. The van der Waals surface area contributed by atoms with E-state index in [0.29, 0.717) is 38.7 Å². The Bertz CT molecular complexity index is 1630. The first-order chi connectivity index (χ1) is 18.7. The van der Waals surface area contributed by atoms with Crippen LogP contribution in [0.15, 0.2) is 64.0 Å². The number of carbonyl (C=O) groups excluding carboxylic acids is 1. The van der Waals surface area contributed by atoms with Gasteiger partial charge in [-0.2, -0.15) is 0 Å². The molecule has 0 spiro atoms. The molecule has 39 heavy (non-hydrogen) atoms. The number of thiazole rings is 1. The SMILES string of the molecule is C=CCOc1c(I)cc(/C=c2/sc3n(c2=O)[C@@H](c2cc(OC)ccc2OC)C(C(=O)OCC)=C(C)N=3)cc1I. The number of halogens is 2. The molecule has 0 fully saturated rings. The molecule has 1 atom stereocenters. The zero-order valence-electron chi connectivity index (χ0n) is 21.7. The highest BCUT2D eigenvalue weighted by Gasteiger charge is 2.35. The third-order valence-electron chi connectivity index (χ3n) is 5.91. The van der Waals surface area contributed by atoms with E-state index in [0.717, 1.165) is 18.5 Å². The predicted octanol–water partition coefficient (Wildman–Crippen LogP) is 4.59. The second-order valence-corrected chi connectivity index (χ2v) is 11.7. The van der Waals surface area contributed by atoms with Crippen molar-refractivity contribution in [3.05, 3.63) is 92.2 Å². The van der Waals surface area contributed by atoms with Crippen LogP contribution in [0.1, 0.15) is 31.0 Å². The van der Waals surface area contributed by atoms with Gasteiger partial charge in [0.2, 0.25) is 0 Å². The number of fused-ring (bicyclic) bond motifs is 1. The van der Waals surface area contributed by atoms with Gasteiger partial charge in [-0.3, -0.25) is 9.36 Å². The number of hydrogen-bond donors (Lipinski definition) is 0. The van der Waals surface area contributed by atoms with E-state index < -0.39 is 12.0 Å². The summed E-state index contributed by atoms with van der Waals surface area (Å²) in [5.74, 6) is 1.30. The second-order valence-electron chi connectivity index (χ2n) is 8.32. The van der Waals surface area contributed by atoms with E-state index >= 15 is 0 Å². The van der Waals surface area contributed by atoms with Gasteiger partial charge in [0, 0.05) is 5.56 Å². The number of methoxy groups -OCH3 is 2. The van der Waals surface area contributed by atoms with Crippen molar-refractivity contribution >= 4 is 68.6 Å². The average Bonchev–Trinajstić information content (AvgIpc) is 3.21. The first-order valence-corrected chi connectivity index (χ1v) is 14.9. The predicted molar refractivity (Wildman–Crippen MR) is 168 cm³/mol. The maximum Gasteiger partial charge on any atom is 0.338 e. The summed E-state index contributed by atoms with van der Waals surface area (Å²) in [5, 5.41) is 0. The fraction of sp³-hybridized carbons (Fsp3) is 0.250. The molecule has 0 saturated carbocycles. The van der Waals surface area contributed by atoms with E-state index in [2.05, 4.69) is 56.8 Å². The van der Waals surface area contributed by atoms with Gasteiger partial charge in [0.15, 0.2) is 4.80 Å². The Morgan fingerprint density at radius 2 is 1.90 bits per heavy atom. The Balaban J connectivity index is 1.95. The summed E-state index contributed by atoms with van der Waals surface area (Å²) in [7, 11) is 3.10. The normalized spacial score (nSPS) is 14.9. The minimum absolute atomic E-state index is 0.186. The Morgan fingerprint density at radius 3 is 2.51 bits per heavy atom. The van der Waals surface area contributed by atoms with Crippen molar-refractivity contribution in [1.29, 1.82) is 0 Å². The molecule has 0 unspecified atom stereocenters. The molecule has 4 rings (SSSR count). The topological polar surface area (TPSA) is 88.3 Å². The summed E-state index contributed by atoms with van der Waals surface area (Å²) in [6.45, 7) is 7.77. The lowest BCUT2D eigenvalue weighted by atomic mass is 9.94. The molecule has 1 aromatic heterocycles. The molecule has 204 valence electrons. The Labute approximate surface area is 256 Å². The number of ether oxygens (including phenoxy) is 4. The monoisotopic (exact) mass is 772 g/mol. The maximum atomic E-state index is 14.0. The van der Waals surface area contributed by atoms with E-state index in [1.807, 2.05) is 18.2 Å². The van der Waals surface area contributed by atoms with Gasteiger partial charge in [0.1, 0.15) is 29.9 Å². The second kappa shape index (κ2) is 12.7. The summed E-state index contributed by atoms with van der Waals surface area (Å²) in [5.41, 5.74) is 1.91. The van der Waals surface area contributed by atoms with Crippen LogP contribution in [0.4, 0.5) is 0 Å². The third kappa shape index (κ3) is 5.94. The average molecular weight is 772 g/mol. The van der Waals surface area contributed by atoms with Crippen LogP contribution in [-0.4, -0.2) is 38.0 Å². The number of hydrogen-bond acceptors (Lipinski definition) is 8. The molecular weight excluding hydrogens is 746 g/mol. The van der Waals surface area contributed by atoms with Gasteiger partial charge in [0.05, 0.1) is 43.8 Å². The molecule has 0 aliphatic carbocycles. The van der Waals surface area contributed by atoms with Crippen molar-refractivity contribution in [3.63, 3.8) is 0 Å². The smallest absolute Gasteiger partial charge is 0.338 e. The van der Waals surface area contributed by atoms with Crippen molar-refractivity contribution in [2.24, 2.45) is 4.99 Å². The fourth-order valence-corrected chi connectivity index (χ4v) is 7.41. The summed E-state index contributed by atoms with van der Waals surface area (Å²) >= 11 is 5.70. The van der Waals surface area contributed by atoms with E-state index in [1.54, 1.807) is 52.3 Å². The maximum absolute atomic E-state index is 14.0. The van der Waals surface area contributed by atoms with Crippen LogP contribution in [0.5, 0.6) is 17.2 Å². The minimum atomic E-state index is -0.817. The van der Waals surface area contributed by atoms with Gasteiger partial charge in [-0.15, -0.1) is 0 Å². The lowest BCUT2D eigenvalue weighted by Crippen LogP contribution is -2.40. The molecule has 11 heteroatoms. The lowest BCUT2D eigenvalue weighted by molar-refractivity contribution is -0.139. The molecular formula is C28H26I2N2O6S. The highest BCUT2D eigenvalue weighted by atomic mass is 127. The Kier molecular flexibility index (Phi) is 9.54. The van der Waals surface area contributed by atoms with Crippen LogP contribution in [-0.2, 0) is 9.53 Å². The molecule has 0 N–H and O–H groups in total. The molecule has 2 heterocycles. The van der Waals surface area contributed by atoms with Gasteiger partial charge < -0.3 is 18.9 Å². The first-order valence-electron chi connectivity index (χ1n) is 11.9. The highest BCUT2D eigenvalue weighted by molar-refractivity contribution is 14.1. The number of esters is 1. The minimum Gasteiger partial charge on any atom is -0.497 e. The quantitative estimate of drug-likeness (QED) is 0.180. The number of allylic oxidation sites excluding steroid dienone is 1. The van der Waals surface area contributed by atoms with Crippen molar-refractivity contribution in [1.82, 2.24) is 4.57 Å². The Hall–Kier alpha value is -2.65. The summed E-state index contributed by atoms with van der Waals surface area (Å²) < 4.78 is 26.1. The number of rotatable bonds is 9. The molecule has 8 nitrogen and oxygen atoms in total. The fourth-order valence-electron chi connectivity index (χ4n) is 4.23. The standard InChI is InChI=1S/C28H26I2N2O6S/c1-6-10-38-25-19(29)11-16(12-20(25)30)13-22-26(33)32-24(18-14-17(35-4)8-9-21(18)36-5)23(27(34)37-7-2)15(3)31-28(32)39-22/h6,8-9,11-14,24H,1,7,10H2,2-5H3/b22-13+/t24-/m0/s1. The van der Waals surface area contributed by atoms with Crippen molar-refractivity contribution < 1.29 is 23.7 Å². The van der Waals surface area contributed by atoms with Crippen LogP contribution in [0.25, 0.3) is 6.08 Å². The largest absolute Gasteiger partial charge is 0.497 e. The van der Waals surface area contributed by atoms with Crippen LogP contribution < -0.4 is 29.1 Å². The van der Waals surface area contributed by atoms with Crippen molar-refractivity contribution in [2.75, 3.05) is 27.4 Å². The molecule has 2 aromatic carbocycles. The molecule has 0 radical (unpaired) electrons. The number of aromatic nitrogens is 1. The summed E-state index contributed by atoms with van der Waals surface area (Å²) in [4.78, 5) is 32.3. The van der Waals surface area contributed by atoms with Gasteiger partial charge in [-0.25, -0.2) is 9.79 Å². The van der Waals surface area contributed by atoms with E-state index in [1.165, 1.54) is 15.9 Å². The molecule has 0 amide bonds. The third-order valence-corrected chi connectivity index (χ3v) is 8.50. The lowest BCUT2D eigenvalue weighted by Gasteiger charge is -2.26. The van der Waals surface area contributed by atoms with E-state index in [4.69, 9.17) is 18.9 Å². The van der Waals surface area contributed by atoms with Gasteiger partial charge in [-0.05, 0) is 101 Å². The molecule has 1 aliphatic rings. The van der Waals surface area contributed by atoms with Crippen molar-refractivity contribution in [2.45, 2.75) is 19.9 Å². The first kappa shape index (κ1) is 29.3. The zero-order chi connectivity index (χ0) is 28.3. The van der Waals surface area contributed by atoms with Gasteiger partial charge in [-0.1, -0.05) is 24.0 Å². The van der Waals surface area contributed by atoms with Crippen LogP contribution in [0.3, 0.4) is 0 Å². The summed E-state index contributed by atoms with van der Waals surface area (Å²) in [6, 6.07) is 8.38. The van der Waals surface area contributed by atoms with Crippen LogP contribution >= 0.6 is 56.5 Å². The van der Waals surface area contributed by atoms with Crippen LogP contribution in [0.2, 0.25) is 0 Å². The number of nitrogens with zero attached hydrogens (tertiary/aromatic N) is 2. The number of benzene rings is 2. The van der Waals surface area contributed by atoms with Crippen LogP contribution in [0, 0.1) is 7.14 Å². The van der Waals surface area contributed by atoms with Gasteiger partial charge >= 0.3 is 5.97 Å². The molecule has 0 bridgehead atoms. The molecule has 3 aromatic rings. The van der Waals surface area contributed by atoms with Crippen molar-refractivity contribution in [3.8, 4) is 17.2 Å². The highest BCUT2D eigenvalue weighted by Crippen LogP contribution is 2.38. The van der Waals surface area contributed by atoms with E-state index in [9.17, 15) is 9.59 Å².